The number of aryl methyl sites for hydroxylation is 1. The summed E-state index contributed by atoms with van der Waals surface area (Å²) in [5.41, 5.74) is 4.32. The summed E-state index contributed by atoms with van der Waals surface area (Å²) in [4.78, 5) is 12.3. The van der Waals surface area contributed by atoms with Crippen LogP contribution in [-0.4, -0.2) is 16.2 Å². The van der Waals surface area contributed by atoms with Gasteiger partial charge in [0.25, 0.3) is 0 Å². The van der Waals surface area contributed by atoms with Crippen molar-refractivity contribution in [3.8, 4) is 11.1 Å². The van der Waals surface area contributed by atoms with Gasteiger partial charge in [0.15, 0.2) is 0 Å². The van der Waals surface area contributed by atoms with Gasteiger partial charge in [0.1, 0.15) is 6.61 Å². The number of carbonyl (C=O) groups excluding carboxylic acids is 1. The molecule has 2 aromatic carbocycles. The Morgan fingerprint density at radius 2 is 1.95 bits per heavy atom. The van der Waals surface area contributed by atoms with Crippen LogP contribution in [0.3, 0.4) is 0 Å². The van der Waals surface area contributed by atoms with Gasteiger partial charge in [-0.2, -0.15) is 5.10 Å². The second-order valence-electron chi connectivity index (χ2n) is 5.08. The van der Waals surface area contributed by atoms with Gasteiger partial charge in [0, 0.05) is 11.8 Å². The summed E-state index contributed by atoms with van der Waals surface area (Å²) >= 11 is 0. The average Bonchev–Trinajstić information content (AvgIpc) is 3.08. The first-order chi connectivity index (χ1) is 10.7. The number of carbonyl (C=O) groups is 1. The van der Waals surface area contributed by atoms with Crippen molar-refractivity contribution in [2.75, 3.05) is 0 Å². The number of aromatic amines is 1. The number of benzene rings is 2. The first kappa shape index (κ1) is 14.1. The van der Waals surface area contributed by atoms with Gasteiger partial charge in [-0.05, 0) is 29.7 Å². The molecule has 0 aliphatic carbocycles. The first-order valence-electron chi connectivity index (χ1n) is 7.05. The Labute approximate surface area is 128 Å². The molecule has 0 unspecified atom stereocenters. The normalized spacial score (nSPS) is 10.4. The van der Waals surface area contributed by atoms with Gasteiger partial charge in [0.2, 0.25) is 0 Å². The molecule has 3 aromatic rings. The van der Waals surface area contributed by atoms with E-state index in [1.807, 2.05) is 55.5 Å². The van der Waals surface area contributed by atoms with Crippen LogP contribution in [0, 0.1) is 6.92 Å². The Morgan fingerprint density at radius 1 is 1.14 bits per heavy atom. The third kappa shape index (κ3) is 3.06. The number of rotatable bonds is 4. The molecule has 0 radical (unpaired) electrons. The van der Waals surface area contributed by atoms with Crippen molar-refractivity contribution in [1.82, 2.24) is 10.2 Å². The fourth-order valence-corrected chi connectivity index (χ4v) is 2.23. The Kier molecular flexibility index (Phi) is 4.01. The van der Waals surface area contributed by atoms with E-state index in [4.69, 9.17) is 4.74 Å². The molecule has 0 bridgehead atoms. The topological polar surface area (TPSA) is 55.0 Å². The minimum atomic E-state index is -0.313. The van der Waals surface area contributed by atoms with Crippen LogP contribution in [0.4, 0.5) is 0 Å². The van der Waals surface area contributed by atoms with Crippen LogP contribution in [0.2, 0.25) is 0 Å². The molecule has 0 amide bonds. The van der Waals surface area contributed by atoms with E-state index in [1.165, 1.54) is 0 Å². The molecule has 0 saturated carbocycles. The minimum absolute atomic E-state index is 0.273. The Hall–Kier alpha value is -2.88. The largest absolute Gasteiger partial charge is 0.457 e. The maximum Gasteiger partial charge on any atom is 0.338 e. The molecule has 3 rings (SSSR count). The van der Waals surface area contributed by atoms with E-state index >= 15 is 0 Å². The van der Waals surface area contributed by atoms with Gasteiger partial charge in [-0.1, -0.05) is 42.5 Å². The molecule has 4 heteroatoms. The van der Waals surface area contributed by atoms with Gasteiger partial charge in [-0.15, -0.1) is 0 Å². The Morgan fingerprint density at radius 3 is 2.68 bits per heavy atom. The van der Waals surface area contributed by atoms with Crippen LogP contribution >= 0.6 is 0 Å². The molecular formula is C18H16N2O2. The number of nitrogens with one attached hydrogen (secondary N) is 1. The van der Waals surface area contributed by atoms with Crippen LogP contribution in [0.25, 0.3) is 11.1 Å². The van der Waals surface area contributed by atoms with Crippen molar-refractivity contribution >= 4 is 5.97 Å². The predicted octanol–water partition coefficient (Wildman–Crippen LogP) is 3.74. The number of esters is 1. The average molecular weight is 292 g/mol. The zero-order valence-corrected chi connectivity index (χ0v) is 12.2. The summed E-state index contributed by atoms with van der Waals surface area (Å²) in [6.45, 7) is 2.17. The van der Waals surface area contributed by atoms with Crippen molar-refractivity contribution in [3.63, 3.8) is 0 Å². The lowest BCUT2D eigenvalue weighted by atomic mass is 10.0. The van der Waals surface area contributed by atoms with Crippen molar-refractivity contribution in [2.45, 2.75) is 13.5 Å². The van der Waals surface area contributed by atoms with E-state index in [-0.39, 0.29) is 12.6 Å². The molecule has 1 N–H and O–H groups in total. The molecular weight excluding hydrogens is 276 g/mol. The number of aromatic nitrogens is 2. The van der Waals surface area contributed by atoms with Crippen LogP contribution in [-0.2, 0) is 11.3 Å². The van der Waals surface area contributed by atoms with Crippen molar-refractivity contribution in [3.05, 3.63) is 77.6 Å². The standard InChI is InChI=1S/C18H16N2O2/c1-13-7-8-15(16-10-19-20-11-16)9-17(13)18(21)22-12-14-5-3-2-4-6-14/h2-11H,12H2,1H3,(H,19,20). The second kappa shape index (κ2) is 6.26. The van der Waals surface area contributed by atoms with Crippen LogP contribution in [0.15, 0.2) is 60.9 Å². The van der Waals surface area contributed by atoms with Gasteiger partial charge >= 0.3 is 5.97 Å². The highest BCUT2D eigenvalue weighted by Crippen LogP contribution is 2.22. The maximum atomic E-state index is 12.3. The van der Waals surface area contributed by atoms with E-state index in [2.05, 4.69) is 10.2 Å². The lowest BCUT2D eigenvalue weighted by Crippen LogP contribution is -2.07. The lowest BCUT2D eigenvalue weighted by Gasteiger charge is -2.09. The van der Waals surface area contributed by atoms with Gasteiger partial charge in [-0.3, -0.25) is 5.10 Å². The number of ether oxygens (including phenoxy) is 1. The van der Waals surface area contributed by atoms with E-state index < -0.39 is 0 Å². The summed E-state index contributed by atoms with van der Waals surface area (Å²) in [5, 5.41) is 6.70. The molecule has 22 heavy (non-hydrogen) atoms. The second-order valence-corrected chi connectivity index (χ2v) is 5.08. The van der Waals surface area contributed by atoms with Crippen LogP contribution < -0.4 is 0 Å². The van der Waals surface area contributed by atoms with Crippen molar-refractivity contribution < 1.29 is 9.53 Å². The monoisotopic (exact) mass is 292 g/mol. The molecule has 0 spiro atoms. The zero-order chi connectivity index (χ0) is 15.4. The van der Waals surface area contributed by atoms with Crippen LogP contribution in [0.5, 0.6) is 0 Å². The molecule has 0 saturated heterocycles. The summed E-state index contributed by atoms with van der Waals surface area (Å²) in [5.74, 6) is -0.313. The molecule has 0 aliphatic heterocycles. The third-order valence-corrected chi connectivity index (χ3v) is 3.50. The molecule has 1 aromatic heterocycles. The highest BCUT2D eigenvalue weighted by molar-refractivity contribution is 5.92. The summed E-state index contributed by atoms with van der Waals surface area (Å²) in [6, 6.07) is 15.4. The van der Waals surface area contributed by atoms with Crippen molar-refractivity contribution in [2.24, 2.45) is 0 Å². The summed E-state index contributed by atoms with van der Waals surface area (Å²) in [6.07, 6.45) is 3.52. The van der Waals surface area contributed by atoms with E-state index in [0.717, 1.165) is 22.3 Å². The SMILES string of the molecule is Cc1ccc(-c2cn[nH]c2)cc1C(=O)OCc1ccccc1. The fourth-order valence-electron chi connectivity index (χ4n) is 2.23. The molecule has 0 atom stereocenters. The number of H-pyrrole nitrogens is 1. The molecule has 0 fully saturated rings. The summed E-state index contributed by atoms with van der Waals surface area (Å²) in [7, 11) is 0. The minimum Gasteiger partial charge on any atom is -0.457 e. The van der Waals surface area contributed by atoms with E-state index in [9.17, 15) is 4.79 Å². The lowest BCUT2D eigenvalue weighted by molar-refractivity contribution is 0.0472. The van der Waals surface area contributed by atoms with E-state index in [0.29, 0.717) is 5.56 Å². The quantitative estimate of drug-likeness (QED) is 0.745. The van der Waals surface area contributed by atoms with E-state index in [1.54, 1.807) is 12.4 Å². The number of hydrogen-bond donors (Lipinski definition) is 1. The highest BCUT2D eigenvalue weighted by atomic mass is 16.5. The molecule has 1 heterocycles. The smallest absolute Gasteiger partial charge is 0.338 e. The number of nitrogens with zero attached hydrogens (tertiary/aromatic N) is 1. The third-order valence-electron chi connectivity index (χ3n) is 3.50. The molecule has 0 aliphatic rings. The summed E-state index contributed by atoms with van der Waals surface area (Å²) < 4.78 is 5.40. The Bertz CT molecular complexity index is 765. The predicted molar refractivity (Wildman–Crippen MR) is 84.3 cm³/mol. The number of hydrogen-bond acceptors (Lipinski definition) is 3. The van der Waals surface area contributed by atoms with Gasteiger partial charge < -0.3 is 4.74 Å². The Balaban J connectivity index is 1.78. The van der Waals surface area contributed by atoms with Crippen molar-refractivity contribution in [1.29, 1.82) is 0 Å². The van der Waals surface area contributed by atoms with Crippen LogP contribution in [0.1, 0.15) is 21.5 Å². The molecule has 110 valence electrons. The maximum absolute atomic E-state index is 12.3. The van der Waals surface area contributed by atoms with Gasteiger partial charge in [0.05, 0.1) is 11.8 Å². The zero-order valence-electron chi connectivity index (χ0n) is 12.2. The highest BCUT2D eigenvalue weighted by Gasteiger charge is 2.12. The van der Waals surface area contributed by atoms with Gasteiger partial charge in [-0.25, -0.2) is 4.79 Å². The first-order valence-corrected chi connectivity index (χ1v) is 7.05. The fraction of sp³-hybridized carbons (Fsp3) is 0.111. The molecule has 4 nitrogen and oxygen atoms in total.